The van der Waals surface area contributed by atoms with E-state index in [9.17, 15) is 9.90 Å². The first-order chi connectivity index (χ1) is 15.6. The van der Waals surface area contributed by atoms with Crippen molar-refractivity contribution in [1.82, 2.24) is 9.91 Å². The molecule has 1 atom stereocenters. The van der Waals surface area contributed by atoms with Crippen LogP contribution in [0.5, 0.6) is 5.75 Å². The molecule has 0 aliphatic carbocycles. The van der Waals surface area contributed by atoms with Crippen LogP contribution in [0, 0.1) is 0 Å². The maximum atomic E-state index is 13.2. The Balaban J connectivity index is 1.37. The van der Waals surface area contributed by atoms with Gasteiger partial charge in [-0.05, 0) is 49.0 Å². The molecule has 5 rings (SSSR count). The first kappa shape index (κ1) is 20.1. The fourth-order valence-corrected chi connectivity index (χ4v) is 4.04. The van der Waals surface area contributed by atoms with Gasteiger partial charge in [0.15, 0.2) is 5.76 Å². The Morgan fingerprint density at radius 1 is 1.16 bits per heavy atom. The Kier molecular flexibility index (Phi) is 5.25. The van der Waals surface area contributed by atoms with Gasteiger partial charge in [0.05, 0.1) is 12.8 Å². The third-order valence-electron chi connectivity index (χ3n) is 5.52. The van der Waals surface area contributed by atoms with Gasteiger partial charge in [-0.25, -0.2) is 5.01 Å². The van der Waals surface area contributed by atoms with E-state index < -0.39 is 0 Å². The van der Waals surface area contributed by atoms with Gasteiger partial charge < -0.3 is 13.9 Å². The van der Waals surface area contributed by atoms with Crippen molar-refractivity contribution in [2.24, 2.45) is 5.10 Å². The number of hydrogen-bond acceptors (Lipinski definition) is 6. The number of hydrogen-bond donors (Lipinski definition) is 1. The summed E-state index contributed by atoms with van der Waals surface area (Å²) in [5.41, 5.74) is 2.43. The highest BCUT2D eigenvalue weighted by Gasteiger charge is 2.36. The second-order valence-electron chi connectivity index (χ2n) is 8.01. The van der Waals surface area contributed by atoms with Crippen LogP contribution in [-0.4, -0.2) is 40.2 Å². The molecule has 1 aliphatic rings. The molecule has 0 spiro atoms. The molecule has 1 N–H and O–H groups in total. The number of likely N-dealkylation sites (N-methyl/N-ethyl adjacent to an activating group) is 1. The average molecular weight is 429 g/mol. The van der Waals surface area contributed by atoms with Crippen LogP contribution in [0.3, 0.4) is 0 Å². The van der Waals surface area contributed by atoms with E-state index in [2.05, 4.69) is 5.10 Å². The zero-order valence-corrected chi connectivity index (χ0v) is 17.6. The van der Waals surface area contributed by atoms with Crippen molar-refractivity contribution in [2.75, 3.05) is 13.6 Å². The minimum absolute atomic E-state index is 0.139. The van der Waals surface area contributed by atoms with Gasteiger partial charge in [0.25, 0.3) is 5.91 Å². The first-order valence-electron chi connectivity index (χ1n) is 10.4. The zero-order valence-electron chi connectivity index (χ0n) is 17.6. The van der Waals surface area contributed by atoms with E-state index in [-0.39, 0.29) is 24.2 Å². The number of rotatable bonds is 6. The van der Waals surface area contributed by atoms with Gasteiger partial charge in [-0.3, -0.25) is 9.69 Å². The smallest absolute Gasteiger partial charge is 0.257 e. The third-order valence-corrected chi connectivity index (χ3v) is 5.52. The molecule has 0 radical (unpaired) electrons. The molecule has 0 unspecified atom stereocenters. The number of carbonyl (C=O) groups is 1. The van der Waals surface area contributed by atoms with Crippen LogP contribution < -0.4 is 0 Å². The van der Waals surface area contributed by atoms with Gasteiger partial charge >= 0.3 is 0 Å². The number of para-hydroxylation sites is 1. The topological polar surface area (TPSA) is 82.4 Å². The lowest BCUT2D eigenvalue weighted by atomic mass is 10.1. The molecule has 0 bridgehead atoms. The summed E-state index contributed by atoms with van der Waals surface area (Å²) in [6.07, 6.45) is 2.11. The third kappa shape index (κ3) is 4.02. The van der Waals surface area contributed by atoms with Crippen LogP contribution in [0.25, 0.3) is 11.0 Å². The minimum atomic E-state index is -0.324. The largest absolute Gasteiger partial charge is 0.508 e. The lowest BCUT2D eigenvalue weighted by Gasteiger charge is -2.23. The SMILES string of the molecule is CN(CC(=O)N1N=C(c2cc3ccccc3o2)C[C@@H]1c1ccco1)Cc1cccc(O)c1. The Bertz CT molecular complexity index is 1240. The predicted molar refractivity (Wildman–Crippen MR) is 120 cm³/mol. The van der Waals surface area contributed by atoms with Gasteiger partial charge in [0, 0.05) is 18.4 Å². The number of phenolic OH excluding ortho intramolecular Hbond substituents is 1. The van der Waals surface area contributed by atoms with Crippen LogP contribution in [0.15, 0.2) is 86.9 Å². The van der Waals surface area contributed by atoms with Gasteiger partial charge in [0.2, 0.25) is 0 Å². The zero-order chi connectivity index (χ0) is 22.1. The Morgan fingerprint density at radius 3 is 2.81 bits per heavy atom. The van der Waals surface area contributed by atoms with E-state index in [1.54, 1.807) is 24.5 Å². The summed E-state index contributed by atoms with van der Waals surface area (Å²) >= 11 is 0. The number of phenols is 1. The molecule has 0 fully saturated rings. The fourth-order valence-electron chi connectivity index (χ4n) is 4.04. The van der Waals surface area contributed by atoms with E-state index in [1.807, 2.05) is 60.5 Å². The normalized spacial score (nSPS) is 16.1. The summed E-state index contributed by atoms with van der Waals surface area (Å²) in [5.74, 6) is 1.41. The van der Waals surface area contributed by atoms with Gasteiger partial charge in [-0.2, -0.15) is 5.10 Å². The summed E-state index contributed by atoms with van der Waals surface area (Å²) < 4.78 is 11.6. The Labute approximate surface area is 185 Å². The molecule has 7 heteroatoms. The van der Waals surface area contributed by atoms with Crippen molar-refractivity contribution in [3.63, 3.8) is 0 Å². The molecule has 32 heavy (non-hydrogen) atoms. The highest BCUT2D eigenvalue weighted by Crippen LogP contribution is 2.34. The van der Waals surface area contributed by atoms with Crippen LogP contribution in [-0.2, 0) is 11.3 Å². The Morgan fingerprint density at radius 2 is 2.03 bits per heavy atom. The van der Waals surface area contributed by atoms with E-state index in [0.29, 0.717) is 30.2 Å². The number of carbonyl (C=O) groups excluding carboxylic acids is 1. The maximum Gasteiger partial charge on any atom is 0.257 e. The molecule has 7 nitrogen and oxygen atoms in total. The molecule has 162 valence electrons. The van der Waals surface area contributed by atoms with Crippen LogP contribution >= 0.6 is 0 Å². The van der Waals surface area contributed by atoms with E-state index in [4.69, 9.17) is 8.83 Å². The van der Waals surface area contributed by atoms with Crippen molar-refractivity contribution >= 4 is 22.6 Å². The summed E-state index contributed by atoms with van der Waals surface area (Å²) in [4.78, 5) is 15.1. The monoisotopic (exact) mass is 429 g/mol. The van der Waals surface area contributed by atoms with Crippen molar-refractivity contribution < 1.29 is 18.7 Å². The number of aromatic hydroxyl groups is 1. The average Bonchev–Trinajstić information content (AvgIpc) is 3.51. The molecule has 2 aromatic carbocycles. The second kappa shape index (κ2) is 8.36. The fraction of sp³-hybridized carbons (Fsp3) is 0.200. The summed E-state index contributed by atoms with van der Waals surface area (Å²) in [6.45, 7) is 0.698. The lowest BCUT2D eigenvalue weighted by molar-refractivity contribution is -0.134. The molecule has 1 aliphatic heterocycles. The van der Waals surface area contributed by atoms with E-state index >= 15 is 0 Å². The molecular weight excluding hydrogens is 406 g/mol. The molecule has 2 aromatic heterocycles. The molecule has 0 saturated carbocycles. The van der Waals surface area contributed by atoms with Gasteiger partial charge in [0.1, 0.15) is 28.8 Å². The highest BCUT2D eigenvalue weighted by atomic mass is 16.3. The van der Waals surface area contributed by atoms with Crippen molar-refractivity contribution in [1.29, 1.82) is 0 Å². The van der Waals surface area contributed by atoms with Crippen molar-refractivity contribution in [2.45, 2.75) is 19.0 Å². The van der Waals surface area contributed by atoms with E-state index in [0.717, 1.165) is 16.5 Å². The number of nitrogens with zero attached hydrogens (tertiary/aromatic N) is 3. The van der Waals surface area contributed by atoms with Crippen LogP contribution in [0.2, 0.25) is 0 Å². The second-order valence-corrected chi connectivity index (χ2v) is 8.01. The molecular formula is C25H23N3O4. The number of benzene rings is 2. The molecule has 3 heterocycles. The van der Waals surface area contributed by atoms with Gasteiger partial charge in [-0.1, -0.05) is 30.3 Å². The molecule has 1 amide bonds. The van der Waals surface area contributed by atoms with Crippen LogP contribution in [0.4, 0.5) is 0 Å². The summed E-state index contributed by atoms with van der Waals surface area (Å²) in [6, 6.07) is 20.1. The number of furan rings is 2. The van der Waals surface area contributed by atoms with Gasteiger partial charge in [-0.15, -0.1) is 0 Å². The summed E-state index contributed by atoms with van der Waals surface area (Å²) in [5, 5.41) is 16.8. The predicted octanol–water partition coefficient (Wildman–Crippen LogP) is 4.54. The number of amides is 1. The summed E-state index contributed by atoms with van der Waals surface area (Å²) in [7, 11) is 1.86. The van der Waals surface area contributed by atoms with Crippen LogP contribution in [0.1, 0.15) is 29.5 Å². The van der Waals surface area contributed by atoms with E-state index in [1.165, 1.54) is 5.01 Å². The first-order valence-corrected chi connectivity index (χ1v) is 10.4. The lowest BCUT2D eigenvalue weighted by Crippen LogP contribution is -2.36. The highest BCUT2D eigenvalue weighted by molar-refractivity contribution is 6.03. The number of fused-ring (bicyclic) bond motifs is 1. The standard InChI is InChI=1S/C25H23N3O4/c1-27(15-17-6-4-8-19(29)12-17)16-25(30)28-21(23-10-5-11-31-23)14-20(26-28)24-13-18-7-2-3-9-22(18)32-24/h2-13,21,29H,14-16H2,1H3/t21-/m1/s1. The quantitative estimate of drug-likeness (QED) is 0.487. The van der Waals surface area contributed by atoms with Crippen molar-refractivity contribution in [3.05, 3.63) is 90.1 Å². The maximum absolute atomic E-state index is 13.2. The molecule has 4 aromatic rings. The minimum Gasteiger partial charge on any atom is -0.508 e. The Hall–Kier alpha value is -3.84. The van der Waals surface area contributed by atoms with Crippen molar-refractivity contribution in [3.8, 4) is 5.75 Å². The number of hydrazone groups is 1. The molecule has 0 saturated heterocycles.